The summed E-state index contributed by atoms with van der Waals surface area (Å²) in [5.41, 5.74) is 6.31. The van der Waals surface area contributed by atoms with E-state index in [1.165, 1.54) is 11.1 Å². The van der Waals surface area contributed by atoms with Gasteiger partial charge in [-0.2, -0.15) is 0 Å². The third-order valence-corrected chi connectivity index (χ3v) is 5.13. The fraction of sp³-hybridized carbons (Fsp3) is 0.111. The molecular weight excluding hydrogens is 368 g/mol. The van der Waals surface area contributed by atoms with Gasteiger partial charge in [0.2, 0.25) is 0 Å². The summed E-state index contributed by atoms with van der Waals surface area (Å²) in [7, 11) is 0. The smallest absolute Gasteiger partial charge is 0.104 e. The monoisotopic (exact) mass is 394 g/mol. The van der Waals surface area contributed by atoms with Gasteiger partial charge < -0.3 is 15.7 Å². The zero-order chi connectivity index (χ0) is 20.6. The molecule has 4 rings (SSSR count). The van der Waals surface area contributed by atoms with Crippen molar-refractivity contribution in [2.45, 2.75) is 19.2 Å². The summed E-state index contributed by atoms with van der Waals surface area (Å²) in [6, 6.07) is 36.5. The summed E-state index contributed by atoms with van der Waals surface area (Å²) >= 11 is 0. The summed E-state index contributed by atoms with van der Waals surface area (Å²) in [6.07, 6.45) is -0.642. The Bertz CT molecular complexity index is 943. The third kappa shape index (κ3) is 5.28. The second-order valence-electron chi connectivity index (χ2n) is 7.32. The number of nitrogens with one attached hydrogen (secondary N) is 2. The van der Waals surface area contributed by atoms with Crippen molar-refractivity contribution in [2.75, 3.05) is 10.6 Å². The first-order valence-electron chi connectivity index (χ1n) is 10.2. The summed E-state index contributed by atoms with van der Waals surface area (Å²) in [4.78, 5) is 0. The Morgan fingerprint density at radius 3 is 1.23 bits per heavy atom. The van der Waals surface area contributed by atoms with E-state index in [9.17, 15) is 5.11 Å². The summed E-state index contributed by atoms with van der Waals surface area (Å²) in [6.45, 7) is 1.56. The molecule has 0 aromatic heterocycles. The minimum Gasteiger partial charge on any atom is -0.384 e. The average Bonchev–Trinajstić information content (AvgIpc) is 2.83. The van der Waals surface area contributed by atoms with Gasteiger partial charge in [-0.25, -0.2) is 0 Å². The zero-order valence-electron chi connectivity index (χ0n) is 16.8. The van der Waals surface area contributed by atoms with Crippen LogP contribution in [0.1, 0.15) is 28.4 Å². The maximum Gasteiger partial charge on any atom is 0.104 e. The lowest BCUT2D eigenvalue weighted by molar-refractivity contribution is 0.220. The van der Waals surface area contributed by atoms with Crippen LogP contribution in [-0.4, -0.2) is 5.11 Å². The molecule has 0 bridgehead atoms. The fourth-order valence-corrected chi connectivity index (χ4v) is 3.36. The number of rotatable bonds is 8. The molecule has 30 heavy (non-hydrogen) atoms. The predicted octanol–water partition coefficient (Wildman–Crippen LogP) is 5.99. The molecule has 3 N–H and O–H groups in total. The van der Waals surface area contributed by atoms with Gasteiger partial charge in [-0.1, -0.05) is 84.9 Å². The lowest BCUT2D eigenvalue weighted by atomic mass is 10.0. The molecule has 0 aliphatic rings. The van der Waals surface area contributed by atoms with E-state index in [2.05, 4.69) is 34.9 Å². The van der Waals surface area contributed by atoms with Crippen LogP contribution in [0.15, 0.2) is 109 Å². The Kier molecular flexibility index (Phi) is 6.43. The van der Waals surface area contributed by atoms with Crippen LogP contribution in [0.5, 0.6) is 0 Å². The maximum absolute atomic E-state index is 10.7. The Labute approximate surface area is 178 Å². The van der Waals surface area contributed by atoms with Crippen molar-refractivity contribution in [2.24, 2.45) is 0 Å². The van der Waals surface area contributed by atoms with E-state index in [1.807, 2.05) is 84.9 Å². The molecule has 0 unspecified atom stereocenters. The number of aliphatic hydroxyl groups is 1. The van der Waals surface area contributed by atoms with Gasteiger partial charge >= 0.3 is 0 Å². The van der Waals surface area contributed by atoms with E-state index < -0.39 is 6.10 Å². The van der Waals surface area contributed by atoms with Crippen LogP contribution in [-0.2, 0) is 13.1 Å². The van der Waals surface area contributed by atoms with Gasteiger partial charge in [-0.3, -0.25) is 0 Å². The number of aliphatic hydroxyl groups excluding tert-OH is 1. The number of anilines is 2. The van der Waals surface area contributed by atoms with Crippen molar-refractivity contribution < 1.29 is 5.11 Å². The van der Waals surface area contributed by atoms with Gasteiger partial charge in [0.05, 0.1) is 0 Å². The van der Waals surface area contributed by atoms with E-state index in [1.54, 1.807) is 0 Å². The molecule has 3 nitrogen and oxygen atoms in total. The number of hydrogen-bond acceptors (Lipinski definition) is 3. The fourth-order valence-electron chi connectivity index (χ4n) is 3.36. The molecule has 0 fully saturated rings. The Balaban J connectivity index is 1.33. The zero-order valence-corrected chi connectivity index (χ0v) is 16.8. The Hall–Kier alpha value is -3.56. The molecule has 0 saturated carbocycles. The van der Waals surface area contributed by atoms with Gasteiger partial charge in [-0.05, 0) is 46.5 Å². The molecule has 0 spiro atoms. The highest BCUT2D eigenvalue weighted by Crippen LogP contribution is 2.25. The van der Waals surface area contributed by atoms with Gasteiger partial charge in [0.15, 0.2) is 0 Å². The SMILES string of the molecule is OC(c1ccc(NCc2ccccc2)cc1)c1ccc(NCc2ccccc2)cc1. The van der Waals surface area contributed by atoms with Gasteiger partial charge in [0.25, 0.3) is 0 Å². The van der Waals surface area contributed by atoms with Crippen LogP contribution >= 0.6 is 0 Å². The number of hydrogen-bond donors (Lipinski definition) is 3. The molecule has 0 radical (unpaired) electrons. The van der Waals surface area contributed by atoms with Crippen LogP contribution in [0.3, 0.4) is 0 Å². The van der Waals surface area contributed by atoms with Gasteiger partial charge in [0.1, 0.15) is 6.10 Å². The van der Waals surface area contributed by atoms with E-state index in [-0.39, 0.29) is 0 Å². The molecule has 0 aliphatic carbocycles. The Morgan fingerprint density at radius 1 is 0.500 bits per heavy atom. The molecule has 150 valence electrons. The summed E-state index contributed by atoms with van der Waals surface area (Å²) in [5, 5.41) is 17.6. The van der Waals surface area contributed by atoms with Crippen molar-refractivity contribution in [3.05, 3.63) is 131 Å². The summed E-state index contributed by atoms with van der Waals surface area (Å²) < 4.78 is 0. The largest absolute Gasteiger partial charge is 0.384 e. The third-order valence-electron chi connectivity index (χ3n) is 5.13. The van der Waals surface area contributed by atoms with Crippen molar-refractivity contribution >= 4 is 11.4 Å². The Morgan fingerprint density at radius 2 is 0.867 bits per heavy atom. The molecule has 0 amide bonds. The van der Waals surface area contributed by atoms with Crippen molar-refractivity contribution in [1.82, 2.24) is 0 Å². The first kappa shape index (κ1) is 19.7. The molecule has 3 heteroatoms. The van der Waals surface area contributed by atoms with Crippen LogP contribution in [0.4, 0.5) is 11.4 Å². The van der Waals surface area contributed by atoms with E-state index in [4.69, 9.17) is 0 Å². The highest BCUT2D eigenvalue weighted by molar-refractivity contribution is 5.49. The second-order valence-corrected chi connectivity index (χ2v) is 7.32. The van der Waals surface area contributed by atoms with Crippen LogP contribution in [0, 0.1) is 0 Å². The lowest BCUT2D eigenvalue weighted by Crippen LogP contribution is -2.03. The molecule has 4 aromatic carbocycles. The average molecular weight is 395 g/mol. The normalized spacial score (nSPS) is 10.7. The van der Waals surface area contributed by atoms with Gasteiger partial charge in [0, 0.05) is 24.5 Å². The molecule has 0 atom stereocenters. The maximum atomic E-state index is 10.7. The standard InChI is InChI=1S/C27H26N2O/c30-27(23-11-15-25(16-12-23)28-19-21-7-3-1-4-8-21)24-13-17-26(18-14-24)29-20-22-9-5-2-6-10-22/h1-18,27-30H,19-20H2. The molecule has 0 aliphatic heterocycles. The van der Waals surface area contributed by atoms with Crippen LogP contribution in [0.2, 0.25) is 0 Å². The highest BCUT2D eigenvalue weighted by atomic mass is 16.3. The second kappa shape index (κ2) is 9.77. The summed E-state index contributed by atoms with van der Waals surface area (Å²) in [5.74, 6) is 0. The first-order valence-corrected chi connectivity index (χ1v) is 10.2. The quantitative estimate of drug-likeness (QED) is 0.344. The lowest BCUT2D eigenvalue weighted by Gasteiger charge is -2.14. The van der Waals surface area contributed by atoms with Gasteiger partial charge in [-0.15, -0.1) is 0 Å². The molecule has 4 aromatic rings. The van der Waals surface area contributed by atoms with E-state index in [0.717, 1.165) is 35.6 Å². The van der Waals surface area contributed by atoms with E-state index in [0.29, 0.717) is 0 Å². The minimum absolute atomic E-state index is 0.642. The number of benzene rings is 4. The molecule has 0 heterocycles. The highest BCUT2D eigenvalue weighted by Gasteiger charge is 2.10. The van der Waals surface area contributed by atoms with Crippen molar-refractivity contribution in [3.8, 4) is 0 Å². The van der Waals surface area contributed by atoms with Crippen molar-refractivity contribution in [3.63, 3.8) is 0 Å². The minimum atomic E-state index is -0.642. The topological polar surface area (TPSA) is 44.3 Å². The molecule has 0 saturated heterocycles. The van der Waals surface area contributed by atoms with E-state index >= 15 is 0 Å². The van der Waals surface area contributed by atoms with Crippen molar-refractivity contribution in [1.29, 1.82) is 0 Å². The molecular formula is C27H26N2O. The van der Waals surface area contributed by atoms with Crippen LogP contribution < -0.4 is 10.6 Å². The predicted molar refractivity (Wildman–Crippen MR) is 124 cm³/mol. The van der Waals surface area contributed by atoms with Crippen LogP contribution in [0.25, 0.3) is 0 Å². The first-order chi connectivity index (χ1) is 14.8.